The molecule has 0 fully saturated rings. The summed E-state index contributed by atoms with van der Waals surface area (Å²) in [6.45, 7) is 0. The Morgan fingerprint density at radius 1 is 0.778 bits per heavy atom. The van der Waals surface area contributed by atoms with E-state index in [2.05, 4.69) is 22.5 Å². The van der Waals surface area contributed by atoms with E-state index in [9.17, 15) is 0 Å². The molecule has 0 heterocycles. The first kappa shape index (κ1) is 17.1. The summed E-state index contributed by atoms with van der Waals surface area (Å²) in [5, 5.41) is 0. The topological polar surface area (TPSA) is 92.2 Å². The summed E-state index contributed by atoms with van der Waals surface area (Å²) < 4.78 is 0. The zero-order valence-corrected chi connectivity index (χ0v) is 9.18. The van der Waals surface area contributed by atoms with E-state index in [1.54, 1.807) is 0 Å². The summed E-state index contributed by atoms with van der Waals surface area (Å²) in [6.07, 6.45) is 0. The third-order valence-corrected chi connectivity index (χ3v) is 0. The van der Waals surface area contributed by atoms with Crippen LogP contribution in [0.4, 0.5) is 0 Å². The van der Waals surface area contributed by atoms with E-state index >= 15 is 0 Å². The first-order valence-corrected chi connectivity index (χ1v) is 5.23. The van der Waals surface area contributed by atoms with Crippen LogP contribution in [0.15, 0.2) is 0 Å². The van der Waals surface area contributed by atoms with Gasteiger partial charge in [0.1, 0.15) is 0 Å². The average molecular weight is 269 g/mol. The summed E-state index contributed by atoms with van der Waals surface area (Å²) in [5.41, 5.74) is 0. The maximum Gasteiger partial charge on any atom is 4.00 e. The van der Waals surface area contributed by atoms with Crippen molar-refractivity contribution in [3.8, 4) is 0 Å². The first-order chi connectivity index (χ1) is 3.46. The van der Waals surface area contributed by atoms with E-state index in [0.717, 1.165) is 0 Å². The second kappa shape index (κ2) is 12.5. The van der Waals surface area contributed by atoms with Gasteiger partial charge >= 0.3 is 17.6 Å². The summed E-state index contributed by atoms with van der Waals surface area (Å²) in [7, 11) is -5.30. The number of hydrogen-bond donors (Lipinski definition) is 0. The van der Waals surface area contributed by atoms with Crippen molar-refractivity contribution < 1.29 is 19.6 Å². The number of hydrogen-bond acceptors (Lipinski definition) is 4. The van der Waals surface area contributed by atoms with Crippen molar-refractivity contribution in [3.63, 3.8) is 0 Å². The summed E-state index contributed by atoms with van der Waals surface area (Å²) in [5.74, 6) is 0. The molecule has 0 spiro atoms. The van der Waals surface area contributed by atoms with E-state index in [1.807, 2.05) is 0 Å². The molecule has 52 valence electrons. The molecular weight excluding hydrogens is 269 g/mol. The Balaban J connectivity index is -0.0000000720. The van der Waals surface area contributed by atoms with Gasteiger partial charge in [-0.05, 0) is 0 Å². The van der Waals surface area contributed by atoms with Gasteiger partial charge in [-0.15, -0.1) is 22.5 Å². The van der Waals surface area contributed by atoms with Crippen LogP contribution < -0.4 is 19.6 Å². The second-order valence-corrected chi connectivity index (χ2v) is 2.93. The molecule has 4 nitrogen and oxygen atoms in total. The molecule has 0 amide bonds. The van der Waals surface area contributed by atoms with Gasteiger partial charge in [-0.1, -0.05) is 0 Å². The zero-order valence-electron chi connectivity index (χ0n) is 3.78. The minimum absolute atomic E-state index is 0. The van der Waals surface area contributed by atoms with Crippen molar-refractivity contribution in [1.29, 1.82) is 0 Å². The number of halogens is 2. The van der Waals surface area contributed by atoms with Gasteiger partial charge in [0, 0.05) is 0 Å². The van der Waals surface area contributed by atoms with Gasteiger partial charge in [0.2, 0.25) is 0 Å². The Kier molecular flexibility index (Phi) is 23.7. The van der Waals surface area contributed by atoms with Crippen LogP contribution in [0.3, 0.4) is 0 Å². The van der Waals surface area contributed by atoms with Crippen LogP contribution in [0, 0.1) is 0 Å². The van der Waals surface area contributed by atoms with Crippen molar-refractivity contribution in [3.05, 3.63) is 0 Å². The molecule has 0 N–H and O–H groups in total. The fourth-order valence-corrected chi connectivity index (χ4v) is 0. The molecule has 9 heavy (non-hydrogen) atoms. The van der Waals surface area contributed by atoms with Crippen LogP contribution in [0.25, 0.3) is 0 Å². The third-order valence-electron chi connectivity index (χ3n) is 0. The summed E-state index contributed by atoms with van der Waals surface area (Å²) >= 11 is 8.46. The van der Waals surface area contributed by atoms with E-state index in [-0.39, 0.29) is 17.6 Å². The van der Waals surface area contributed by atoms with Gasteiger partial charge in [0.25, 0.3) is 0 Å². The summed E-state index contributed by atoms with van der Waals surface area (Å²) in [4.78, 5) is 35.2. The monoisotopic (exact) mass is 270 g/mol. The minimum atomic E-state index is -2.65. The predicted molar refractivity (Wildman–Crippen MR) is 31.3 cm³/mol. The molecule has 0 aromatic heterocycles. The third kappa shape index (κ3) is 181. The average Bonchev–Trinajstić information content (AvgIpc) is 1.25. The zero-order chi connectivity index (χ0) is 7.15. The molecule has 0 atom stereocenters. The van der Waals surface area contributed by atoms with Crippen LogP contribution >= 0.6 is 37.9 Å². The normalized spacial score (nSPS) is 8.00. The molecule has 0 unspecified atom stereocenters. The van der Waals surface area contributed by atoms with Crippen molar-refractivity contribution in [2.75, 3.05) is 0 Å². The van der Waals surface area contributed by atoms with Crippen molar-refractivity contribution >= 4 is 55.5 Å². The molecule has 0 saturated heterocycles. The maximum atomic E-state index is 8.80. The van der Waals surface area contributed by atoms with Gasteiger partial charge in [-0.25, -0.2) is 15.5 Å². The standard InChI is InChI=1S/2ClO2P.Ge/c2*1-4(2)3;/q2*-2;+4. The van der Waals surface area contributed by atoms with Gasteiger partial charge < -0.3 is 19.6 Å². The second-order valence-electron chi connectivity index (χ2n) is 0.425. The van der Waals surface area contributed by atoms with Crippen LogP contribution in [-0.4, -0.2) is 17.6 Å². The van der Waals surface area contributed by atoms with Gasteiger partial charge in [0.05, 0.1) is 0 Å². The van der Waals surface area contributed by atoms with Crippen LogP contribution in [0.5, 0.6) is 0 Å². The van der Waals surface area contributed by atoms with E-state index in [4.69, 9.17) is 19.6 Å². The van der Waals surface area contributed by atoms with Crippen LogP contribution in [0.1, 0.15) is 0 Å². The Bertz CT molecular complexity index is 32.0. The molecular formula is Cl2GeO4P2. The smallest absolute Gasteiger partial charge is 0.830 e. The molecule has 0 aliphatic heterocycles. The molecule has 0 aromatic rings. The molecule has 0 aliphatic rings. The Morgan fingerprint density at radius 3 is 0.778 bits per heavy atom. The Hall–Kier alpha value is 1.82. The predicted octanol–water partition coefficient (Wildman–Crippen LogP) is -2.04. The van der Waals surface area contributed by atoms with Crippen LogP contribution in [-0.2, 0) is 0 Å². The molecule has 0 aliphatic carbocycles. The minimum Gasteiger partial charge on any atom is -0.830 e. The largest absolute Gasteiger partial charge is 4.00 e. The molecule has 0 aromatic carbocycles. The molecule has 9 heteroatoms. The van der Waals surface area contributed by atoms with Crippen molar-refractivity contribution in [2.24, 2.45) is 0 Å². The maximum absolute atomic E-state index is 8.80. The first-order valence-electron chi connectivity index (χ1n) is 1.07. The Morgan fingerprint density at radius 2 is 0.778 bits per heavy atom. The molecule has 0 saturated carbocycles. The van der Waals surface area contributed by atoms with Crippen molar-refractivity contribution in [1.82, 2.24) is 0 Å². The molecule has 0 bridgehead atoms. The Labute approximate surface area is 75.2 Å². The van der Waals surface area contributed by atoms with E-state index in [1.165, 1.54) is 0 Å². The number of rotatable bonds is 0. The van der Waals surface area contributed by atoms with E-state index in [0.29, 0.717) is 0 Å². The van der Waals surface area contributed by atoms with Gasteiger partial charge in [0.15, 0.2) is 0 Å². The SMILES string of the molecule is [Ge+4].[O-]P([O-])Cl.[O-]P([O-])Cl. The fourth-order valence-electron chi connectivity index (χ4n) is 0. The fraction of sp³-hybridized carbons (Fsp3) is 0. The summed E-state index contributed by atoms with van der Waals surface area (Å²) in [6, 6.07) is 0. The molecule has 0 rings (SSSR count). The van der Waals surface area contributed by atoms with Crippen molar-refractivity contribution in [2.45, 2.75) is 0 Å². The van der Waals surface area contributed by atoms with Gasteiger partial charge in [-0.2, -0.15) is 0 Å². The van der Waals surface area contributed by atoms with Gasteiger partial charge in [-0.3, -0.25) is 0 Å². The van der Waals surface area contributed by atoms with Crippen LogP contribution in [0.2, 0.25) is 0 Å². The quantitative estimate of drug-likeness (QED) is 0.374. The van der Waals surface area contributed by atoms with E-state index < -0.39 is 15.5 Å². The molecule has 0 radical (unpaired) electrons.